The average Bonchev–Trinajstić information content (AvgIpc) is 2.77. The normalized spacial score (nSPS) is 18.2. The maximum absolute atomic E-state index is 13.4. The summed E-state index contributed by atoms with van der Waals surface area (Å²) < 4.78 is 32.5. The molecule has 2 aromatic carbocycles. The van der Waals surface area contributed by atoms with Gasteiger partial charge in [0.2, 0.25) is 0 Å². The van der Waals surface area contributed by atoms with Gasteiger partial charge in [-0.25, -0.2) is 13.8 Å². The third-order valence-corrected chi connectivity index (χ3v) is 5.51. The molecule has 3 aromatic rings. The summed E-state index contributed by atoms with van der Waals surface area (Å²) in [7, 11) is 0. The summed E-state index contributed by atoms with van der Waals surface area (Å²) in [6.07, 6.45) is 1.61. The van der Waals surface area contributed by atoms with Gasteiger partial charge in [0.15, 0.2) is 11.6 Å². The predicted octanol–water partition coefficient (Wildman–Crippen LogP) is 4.01. The van der Waals surface area contributed by atoms with E-state index in [1.54, 1.807) is 24.4 Å². The van der Waals surface area contributed by atoms with Crippen molar-refractivity contribution in [2.75, 3.05) is 18.8 Å². The minimum atomic E-state index is -0.673. The number of piperazine rings is 1. The minimum absolute atomic E-state index is 0.00327. The number of carbonyl (C=O) groups is 1. The molecule has 33 heavy (non-hydrogen) atoms. The van der Waals surface area contributed by atoms with Crippen LogP contribution < -0.4 is 15.8 Å². The predicted molar refractivity (Wildman–Crippen MR) is 123 cm³/mol. The highest BCUT2D eigenvalue weighted by Gasteiger charge is 2.25. The van der Waals surface area contributed by atoms with Gasteiger partial charge in [0.1, 0.15) is 18.2 Å². The van der Waals surface area contributed by atoms with Gasteiger partial charge in [-0.05, 0) is 55.3 Å². The number of anilines is 1. The number of carbonyl (C=O) groups excluding carboxylic acids is 1. The Morgan fingerprint density at radius 3 is 2.33 bits per heavy atom. The van der Waals surface area contributed by atoms with E-state index in [2.05, 4.69) is 24.1 Å². The molecule has 8 heteroatoms. The van der Waals surface area contributed by atoms with Gasteiger partial charge in [-0.1, -0.05) is 12.1 Å². The number of nitrogens with zero attached hydrogens (tertiary/aromatic N) is 2. The van der Waals surface area contributed by atoms with E-state index in [0.717, 1.165) is 17.2 Å². The van der Waals surface area contributed by atoms with Crippen molar-refractivity contribution in [2.45, 2.75) is 32.5 Å². The van der Waals surface area contributed by atoms with Crippen LogP contribution in [0.2, 0.25) is 0 Å². The van der Waals surface area contributed by atoms with Crippen molar-refractivity contribution in [3.63, 3.8) is 0 Å². The Morgan fingerprint density at radius 2 is 1.70 bits per heavy atom. The fourth-order valence-corrected chi connectivity index (χ4v) is 4.06. The second-order valence-corrected chi connectivity index (χ2v) is 8.43. The molecule has 2 unspecified atom stereocenters. The van der Waals surface area contributed by atoms with Crippen LogP contribution in [0.15, 0.2) is 54.7 Å². The van der Waals surface area contributed by atoms with E-state index >= 15 is 0 Å². The van der Waals surface area contributed by atoms with E-state index in [-0.39, 0.29) is 30.4 Å². The standard InChI is InChI=1S/C25H26F2N4O2/c1-15-12-31(13-16(2)30-15)25(32)19-5-3-18(4-6-19)20-9-23(24(28)29-11-20)33-14-17-7-21(26)10-22(27)8-17/h3-11,15-16,30H,12-14H2,1-2H3,(H2,28,29). The number of hydrogen-bond donors (Lipinski definition) is 2. The fraction of sp³-hybridized carbons (Fsp3) is 0.280. The molecule has 0 bridgehead atoms. The third kappa shape index (κ3) is 5.46. The summed E-state index contributed by atoms with van der Waals surface area (Å²) >= 11 is 0. The molecule has 0 spiro atoms. The molecule has 4 rings (SSSR count). The minimum Gasteiger partial charge on any atom is -0.485 e. The first-order chi connectivity index (χ1) is 15.8. The van der Waals surface area contributed by atoms with Gasteiger partial charge >= 0.3 is 0 Å². The largest absolute Gasteiger partial charge is 0.485 e. The highest BCUT2D eigenvalue weighted by molar-refractivity contribution is 5.95. The topological polar surface area (TPSA) is 80.5 Å². The van der Waals surface area contributed by atoms with Gasteiger partial charge in [0.05, 0.1) is 0 Å². The molecular formula is C25H26F2N4O2. The number of amides is 1. The highest BCUT2D eigenvalue weighted by Crippen LogP contribution is 2.28. The SMILES string of the molecule is CC1CN(C(=O)c2ccc(-c3cnc(N)c(OCc4cc(F)cc(F)c4)c3)cc2)CC(C)N1. The van der Waals surface area contributed by atoms with Crippen LogP contribution in [0.1, 0.15) is 29.8 Å². The molecule has 1 saturated heterocycles. The number of nitrogen functional groups attached to an aromatic ring is 1. The zero-order valence-electron chi connectivity index (χ0n) is 18.5. The van der Waals surface area contributed by atoms with Gasteiger partial charge in [-0.15, -0.1) is 0 Å². The highest BCUT2D eigenvalue weighted by atomic mass is 19.1. The van der Waals surface area contributed by atoms with Crippen molar-refractivity contribution in [1.29, 1.82) is 0 Å². The molecule has 1 aliphatic heterocycles. The first-order valence-corrected chi connectivity index (χ1v) is 10.8. The first kappa shape index (κ1) is 22.7. The molecule has 2 heterocycles. The zero-order valence-corrected chi connectivity index (χ0v) is 18.5. The second-order valence-electron chi connectivity index (χ2n) is 8.43. The van der Waals surface area contributed by atoms with Gasteiger partial charge in [0.25, 0.3) is 5.91 Å². The number of aromatic nitrogens is 1. The van der Waals surface area contributed by atoms with Crippen molar-refractivity contribution in [3.05, 3.63) is 77.5 Å². The van der Waals surface area contributed by atoms with Crippen molar-refractivity contribution in [3.8, 4) is 16.9 Å². The Kier molecular flexibility index (Phi) is 6.55. The number of ether oxygens (including phenoxy) is 1. The van der Waals surface area contributed by atoms with Gasteiger partial charge in [-0.2, -0.15) is 0 Å². The third-order valence-electron chi connectivity index (χ3n) is 5.51. The number of benzene rings is 2. The van der Waals surface area contributed by atoms with E-state index in [1.807, 2.05) is 17.0 Å². The fourth-order valence-electron chi connectivity index (χ4n) is 4.06. The van der Waals surface area contributed by atoms with Crippen LogP contribution in [0.3, 0.4) is 0 Å². The molecule has 2 atom stereocenters. The van der Waals surface area contributed by atoms with Crippen LogP contribution in [0.4, 0.5) is 14.6 Å². The van der Waals surface area contributed by atoms with Crippen LogP contribution in [0.25, 0.3) is 11.1 Å². The molecule has 0 radical (unpaired) electrons. The lowest BCUT2D eigenvalue weighted by Crippen LogP contribution is -2.55. The summed E-state index contributed by atoms with van der Waals surface area (Å²) in [6, 6.07) is 12.7. The molecule has 0 saturated carbocycles. The summed E-state index contributed by atoms with van der Waals surface area (Å²) in [6.45, 7) is 5.42. The molecular weight excluding hydrogens is 426 g/mol. The molecule has 172 valence electrons. The first-order valence-electron chi connectivity index (χ1n) is 10.8. The molecule has 1 fully saturated rings. The lowest BCUT2D eigenvalue weighted by atomic mass is 10.0. The summed E-state index contributed by atoms with van der Waals surface area (Å²) in [5, 5.41) is 3.42. The molecule has 1 aromatic heterocycles. The number of hydrogen-bond acceptors (Lipinski definition) is 5. The number of halogens is 2. The Bertz CT molecular complexity index is 1120. The summed E-state index contributed by atoms with van der Waals surface area (Å²) in [4.78, 5) is 18.9. The van der Waals surface area contributed by atoms with E-state index in [9.17, 15) is 13.6 Å². The van der Waals surface area contributed by atoms with Crippen molar-refractivity contribution >= 4 is 11.7 Å². The van der Waals surface area contributed by atoms with Gasteiger partial charge in [0, 0.05) is 48.6 Å². The van der Waals surface area contributed by atoms with E-state index < -0.39 is 11.6 Å². The Hall–Kier alpha value is -3.52. The van der Waals surface area contributed by atoms with Crippen molar-refractivity contribution in [2.24, 2.45) is 0 Å². The lowest BCUT2D eigenvalue weighted by molar-refractivity contribution is 0.0674. The average molecular weight is 453 g/mol. The maximum atomic E-state index is 13.4. The molecule has 1 amide bonds. The monoisotopic (exact) mass is 452 g/mol. The molecule has 3 N–H and O–H groups in total. The van der Waals surface area contributed by atoms with Crippen LogP contribution in [0.5, 0.6) is 5.75 Å². The van der Waals surface area contributed by atoms with E-state index in [0.29, 0.717) is 30.0 Å². The van der Waals surface area contributed by atoms with Gasteiger partial charge in [-0.3, -0.25) is 4.79 Å². The van der Waals surface area contributed by atoms with E-state index in [4.69, 9.17) is 10.5 Å². The number of nitrogens with one attached hydrogen (secondary N) is 1. The number of nitrogens with two attached hydrogens (primary N) is 1. The number of rotatable bonds is 5. The van der Waals surface area contributed by atoms with Crippen LogP contribution in [-0.2, 0) is 6.61 Å². The number of pyridine rings is 1. The smallest absolute Gasteiger partial charge is 0.253 e. The van der Waals surface area contributed by atoms with Crippen molar-refractivity contribution in [1.82, 2.24) is 15.2 Å². The van der Waals surface area contributed by atoms with Crippen molar-refractivity contribution < 1.29 is 18.3 Å². The quantitative estimate of drug-likeness (QED) is 0.612. The van der Waals surface area contributed by atoms with E-state index in [1.165, 1.54) is 12.1 Å². The second kappa shape index (κ2) is 9.54. The Labute approximate surface area is 191 Å². The van der Waals surface area contributed by atoms with Gasteiger partial charge < -0.3 is 20.7 Å². The Balaban J connectivity index is 1.48. The lowest BCUT2D eigenvalue weighted by Gasteiger charge is -2.36. The maximum Gasteiger partial charge on any atom is 0.253 e. The molecule has 0 aliphatic carbocycles. The molecule has 1 aliphatic rings. The summed E-state index contributed by atoms with van der Waals surface area (Å²) in [5.41, 5.74) is 8.46. The van der Waals surface area contributed by atoms with Crippen LogP contribution in [0, 0.1) is 11.6 Å². The summed E-state index contributed by atoms with van der Waals surface area (Å²) in [5.74, 6) is -0.866. The molecule has 6 nitrogen and oxygen atoms in total. The van der Waals surface area contributed by atoms with Crippen LogP contribution in [-0.4, -0.2) is 41.0 Å². The zero-order chi connectivity index (χ0) is 23.5. The van der Waals surface area contributed by atoms with Crippen LogP contribution >= 0.6 is 0 Å². The Morgan fingerprint density at radius 1 is 1.06 bits per heavy atom.